The molecular formula is C18H22F6N2O4S2. The maximum absolute atomic E-state index is 14.7. The van der Waals surface area contributed by atoms with Gasteiger partial charge in [0.2, 0.25) is 10.0 Å². The molecule has 1 N–H and O–H groups in total. The number of alkyl halides is 4. The van der Waals surface area contributed by atoms with E-state index in [-0.39, 0.29) is 38.8 Å². The molecule has 6 nitrogen and oxygen atoms in total. The summed E-state index contributed by atoms with van der Waals surface area (Å²) in [6.07, 6.45) is -2.96. The topological polar surface area (TPSA) is 83.5 Å². The van der Waals surface area contributed by atoms with Gasteiger partial charge in [0.15, 0.2) is 0 Å². The van der Waals surface area contributed by atoms with Crippen LogP contribution in [-0.4, -0.2) is 52.0 Å². The molecule has 1 saturated carbocycles. The fourth-order valence-corrected chi connectivity index (χ4v) is 7.49. The Morgan fingerprint density at radius 3 is 2.06 bits per heavy atom. The third-order valence-corrected chi connectivity index (χ3v) is 9.97. The van der Waals surface area contributed by atoms with Crippen LogP contribution in [0.15, 0.2) is 18.2 Å². The number of nitrogens with zero attached hydrogens (tertiary/aromatic N) is 1. The Morgan fingerprint density at radius 1 is 0.969 bits per heavy atom. The normalized spacial score (nSPS) is 26.9. The van der Waals surface area contributed by atoms with E-state index in [0.717, 1.165) is 22.5 Å². The molecule has 1 aromatic carbocycles. The van der Waals surface area contributed by atoms with Crippen molar-refractivity contribution in [1.82, 2.24) is 9.03 Å². The summed E-state index contributed by atoms with van der Waals surface area (Å²) in [5, 5.41) is 0. The van der Waals surface area contributed by atoms with Crippen molar-refractivity contribution in [3.63, 3.8) is 0 Å². The lowest BCUT2D eigenvalue weighted by atomic mass is 9.81. The number of halogens is 6. The van der Waals surface area contributed by atoms with Gasteiger partial charge in [-0.1, -0.05) is 0 Å². The predicted octanol–water partition coefficient (Wildman–Crippen LogP) is 3.31. The van der Waals surface area contributed by atoms with Crippen molar-refractivity contribution in [2.45, 2.75) is 61.0 Å². The van der Waals surface area contributed by atoms with Gasteiger partial charge in [-0.2, -0.15) is 13.2 Å². The maximum Gasteiger partial charge on any atom is 0.511 e. The lowest BCUT2D eigenvalue weighted by Crippen LogP contribution is -2.53. The first-order valence-corrected chi connectivity index (χ1v) is 12.8. The highest BCUT2D eigenvalue weighted by Gasteiger charge is 2.54. The van der Waals surface area contributed by atoms with Crippen molar-refractivity contribution < 1.29 is 43.2 Å². The summed E-state index contributed by atoms with van der Waals surface area (Å²) >= 11 is 0. The van der Waals surface area contributed by atoms with Gasteiger partial charge in [0.25, 0.3) is 0 Å². The van der Waals surface area contributed by atoms with E-state index in [1.54, 1.807) is 0 Å². The fraction of sp³-hybridized carbons (Fsp3) is 0.667. The van der Waals surface area contributed by atoms with Crippen molar-refractivity contribution in [2.75, 3.05) is 13.1 Å². The lowest BCUT2D eigenvalue weighted by Gasteiger charge is -2.44. The SMILES string of the molecule is O=S(=O)(N[C@H]1CC[C@@](c2cc(F)ccc2F)(S(=O)(=O)N2CCC(F)CC2)CC1)C(F)(F)F. The first kappa shape index (κ1) is 25.2. The molecule has 0 amide bonds. The average Bonchev–Trinajstić information content (AvgIpc) is 2.69. The third kappa shape index (κ3) is 4.64. The number of piperidine rings is 1. The van der Waals surface area contributed by atoms with Crippen LogP contribution in [0, 0.1) is 11.6 Å². The van der Waals surface area contributed by atoms with Crippen molar-refractivity contribution in [3.8, 4) is 0 Å². The minimum atomic E-state index is -5.66. The van der Waals surface area contributed by atoms with E-state index in [4.69, 9.17) is 0 Å². The Labute approximate surface area is 182 Å². The van der Waals surface area contributed by atoms with Crippen molar-refractivity contribution in [3.05, 3.63) is 35.4 Å². The second kappa shape index (κ2) is 8.76. The first-order chi connectivity index (χ1) is 14.7. The van der Waals surface area contributed by atoms with Gasteiger partial charge in [0.05, 0.1) is 0 Å². The van der Waals surface area contributed by atoms with Crippen LogP contribution in [0.25, 0.3) is 0 Å². The average molecular weight is 509 g/mol. The number of hydrogen-bond acceptors (Lipinski definition) is 4. The Bertz CT molecular complexity index is 1050. The van der Waals surface area contributed by atoms with Gasteiger partial charge in [0.1, 0.15) is 22.6 Å². The maximum atomic E-state index is 14.7. The minimum absolute atomic E-state index is 0.0745. The van der Waals surface area contributed by atoms with Crippen LogP contribution in [0.4, 0.5) is 26.3 Å². The zero-order valence-corrected chi connectivity index (χ0v) is 18.3. The van der Waals surface area contributed by atoms with Crippen LogP contribution in [0.3, 0.4) is 0 Å². The van der Waals surface area contributed by atoms with Gasteiger partial charge in [-0.25, -0.2) is 39.0 Å². The molecule has 1 aliphatic heterocycles. The first-order valence-electron chi connectivity index (χ1n) is 9.87. The molecule has 2 aliphatic rings. The van der Waals surface area contributed by atoms with Crippen LogP contribution in [-0.2, 0) is 24.8 Å². The Kier molecular flexibility index (Phi) is 6.91. The summed E-state index contributed by atoms with van der Waals surface area (Å²) in [5.74, 6) is -1.91. The van der Waals surface area contributed by atoms with Crippen LogP contribution >= 0.6 is 0 Å². The number of nitrogens with one attached hydrogen (secondary N) is 1. The van der Waals surface area contributed by atoms with E-state index in [9.17, 15) is 43.2 Å². The highest BCUT2D eigenvalue weighted by Crippen LogP contribution is 2.47. The van der Waals surface area contributed by atoms with E-state index < -0.39 is 72.6 Å². The van der Waals surface area contributed by atoms with Gasteiger partial charge in [-0.3, -0.25) is 0 Å². The number of rotatable bonds is 5. The van der Waals surface area contributed by atoms with Gasteiger partial charge >= 0.3 is 15.5 Å². The Hall–Kier alpha value is -1.38. The highest BCUT2D eigenvalue weighted by molar-refractivity contribution is 7.90. The van der Waals surface area contributed by atoms with E-state index >= 15 is 0 Å². The zero-order chi connectivity index (χ0) is 23.9. The van der Waals surface area contributed by atoms with E-state index in [2.05, 4.69) is 0 Å². The molecule has 0 bridgehead atoms. The Balaban J connectivity index is 1.97. The minimum Gasteiger partial charge on any atom is -0.247 e. The number of benzene rings is 1. The van der Waals surface area contributed by atoms with Gasteiger partial charge in [0, 0.05) is 24.7 Å². The molecular weight excluding hydrogens is 486 g/mol. The van der Waals surface area contributed by atoms with E-state index in [0.29, 0.717) is 0 Å². The van der Waals surface area contributed by atoms with Crippen LogP contribution in [0.1, 0.15) is 44.1 Å². The monoisotopic (exact) mass is 508 g/mol. The summed E-state index contributed by atoms with van der Waals surface area (Å²) in [4.78, 5) is 0. The summed E-state index contributed by atoms with van der Waals surface area (Å²) in [6, 6.07) is 1.05. The van der Waals surface area contributed by atoms with Gasteiger partial charge < -0.3 is 0 Å². The molecule has 1 aromatic rings. The lowest BCUT2D eigenvalue weighted by molar-refractivity contribution is -0.0452. The summed E-state index contributed by atoms with van der Waals surface area (Å²) < 4.78 is 131. The van der Waals surface area contributed by atoms with Crippen LogP contribution in [0.2, 0.25) is 0 Å². The van der Waals surface area contributed by atoms with E-state index in [1.165, 1.54) is 4.72 Å². The molecule has 32 heavy (non-hydrogen) atoms. The number of hydrogen-bond donors (Lipinski definition) is 1. The highest BCUT2D eigenvalue weighted by atomic mass is 32.2. The molecule has 0 spiro atoms. The largest absolute Gasteiger partial charge is 0.511 e. The molecule has 182 valence electrons. The zero-order valence-electron chi connectivity index (χ0n) is 16.7. The molecule has 1 heterocycles. The molecule has 0 aromatic heterocycles. The van der Waals surface area contributed by atoms with Crippen LogP contribution < -0.4 is 4.72 Å². The fourth-order valence-electron chi connectivity index (χ4n) is 4.31. The molecule has 0 unspecified atom stereocenters. The molecule has 1 aliphatic carbocycles. The van der Waals surface area contributed by atoms with Gasteiger partial charge in [-0.05, 0) is 56.7 Å². The molecule has 14 heteroatoms. The van der Waals surface area contributed by atoms with Crippen molar-refractivity contribution in [1.29, 1.82) is 0 Å². The quantitative estimate of drug-likeness (QED) is 0.619. The second-order valence-electron chi connectivity index (χ2n) is 8.04. The predicted molar refractivity (Wildman–Crippen MR) is 103 cm³/mol. The molecule has 0 atom stereocenters. The van der Waals surface area contributed by atoms with Crippen molar-refractivity contribution >= 4 is 20.0 Å². The molecule has 2 fully saturated rings. The Morgan fingerprint density at radius 2 is 1.53 bits per heavy atom. The number of sulfonamides is 2. The molecule has 3 rings (SSSR count). The third-order valence-electron chi connectivity index (χ3n) is 6.06. The van der Waals surface area contributed by atoms with Crippen molar-refractivity contribution in [2.24, 2.45) is 0 Å². The smallest absolute Gasteiger partial charge is 0.247 e. The second-order valence-corrected chi connectivity index (χ2v) is 12.0. The van der Waals surface area contributed by atoms with Gasteiger partial charge in [-0.15, -0.1) is 0 Å². The van der Waals surface area contributed by atoms with Crippen LogP contribution in [0.5, 0.6) is 0 Å². The molecule has 0 radical (unpaired) electrons. The molecule has 1 saturated heterocycles. The summed E-state index contributed by atoms with van der Waals surface area (Å²) in [7, 11) is -10.1. The van der Waals surface area contributed by atoms with E-state index in [1.807, 2.05) is 0 Å². The summed E-state index contributed by atoms with van der Waals surface area (Å²) in [5.41, 5.74) is -6.02. The summed E-state index contributed by atoms with van der Waals surface area (Å²) in [6.45, 7) is -0.349. The standard InChI is InChI=1S/C18H22F6N2O4S2/c19-12-5-9-26(10-6-12)32(29,30)17(15-11-13(20)1-2-16(15)21)7-3-14(4-8-17)25-31(27,28)18(22,23)24/h1-2,11-12,14,25H,3-10H2/t14-,17+.